The minimum Gasteiger partial charge on any atom is -0.255 e. The van der Waals surface area contributed by atoms with Crippen LogP contribution in [0.25, 0.3) is 0 Å². The smallest absolute Gasteiger partial charge is 0.0527 e. The van der Waals surface area contributed by atoms with Gasteiger partial charge in [-0.05, 0) is 11.5 Å². The molecule has 1 fully saturated rings. The van der Waals surface area contributed by atoms with Crippen LogP contribution in [0.5, 0.6) is 0 Å². The van der Waals surface area contributed by atoms with Crippen LogP contribution in [-0.4, -0.2) is 18.6 Å². The Morgan fingerprint density at radius 3 is 2.54 bits per heavy atom. The summed E-state index contributed by atoms with van der Waals surface area (Å²) in [4.78, 5) is 0. The highest BCUT2D eigenvalue weighted by Crippen LogP contribution is 2.29. The number of benzene rings is 1. The van der Waals surface area contributed by atoms with Gasteiger partial charge in [0.05, 0.1) is 6.04 Å². The van der Waals surface area contributed by atoms with Gasteiger partial charge in [0.15, 0.2) is 0 Å². The molecule has 1 aliphatic heterocycles. The molecule has 1 saturated heterocycles. The van der Waals surface area contributed by atoms with E-state index in [0.29, 0.717) is 12.0 Å². The van der Waals surface area contributed by atoms with Crippen LogP contribution in [-0.2, 0) is 0 Å². The Kier molecular flexibility index (Phi) is 2.34. The van der Waals surface area contributed by atoms with Gasteiger partial charge in [0, 0.05) is 13.6 Å². The second-order valence-corrected chi connectivity index (χ2v) is 3.81. The summed E-state index contributed by atoms with van der Waals surface area (Å²) in [6, 6.07) is 11.2. The van der Waals surface area contributed by atoms with Gasteiger partial charge in [-0.1, -0.05) is 37.3 Å². The molecular weight excluding hydrogens is 160 g/mol. The highest BCUT2D eigenvalue weighted by Gasteiger charge is 2.28. The highest BCUT2D eigenvalue weighted by molar-refractivity contribution is 5.20. The second kappa shape index (κ2) is 3.48. The molecule has 2 atom stereocenters. The predicted molar refractivity (Wildman–Crippen MR) is 54.1 cm³/mol. The van der Waals surface area contributed by atoms with Gasteiger partial charge in [0.2, 0.25) is 0 Å². The van der Waals surface area contributed by atoms with Crippen molar-refractivity contribution < 1.29 is 0 Å². The van der Waals surface area contributed by atoms with Crippen LogP contribution in [0.15, 0.2) is 30.3 Å². The van der Waals surface area contributed by atoms with E-state index in [4.69, 9.17) is 0 Å². The van der Waals surface area contributed by atoms with E-state index in [1.54, 1.807) is 0 Å². The first-order chi connectivity index (χ1) is 6.29. The van der Waals surface area contributed by atoms with Crippen LogP contribution in [0.4, 0.5) is 0 Å². The van der Waals surface area contributed by atoms with E-state index in [2.05, 4.69) is 54.7 Å². The largest absolute Gasteiger partial charge is 0.255 e. The van der Waals surface area contributed by atoms with Crippen LogP contribution in [0.1, 0.15) is 18.5 Å². The van der Waals surface area contributed by atoms with E-state index in [0.717, 1.165) is 6.54 Å². The van der Waals surface area contributed by atoms with Crippen molar-refractivity contribution in [2.24, 2.45) is 5.92 Å². The van der Waals surface area contributed by atoms with Crippen molar-refractivity contribution in [3.8, 4) is 0 Å². The number of rotatable bonds is 1. The van der Waals surface area contributed by atoms with Crippen molar-refractivity contribution >= 4 is 0 Å². The molecule has 2 rings (SSSR count). The minimum absolute atomic E-state index is 0.529. The Labute approximate surface area is 79.5 Å². The maximum absolute atomic E-state index is 3.35. The number of hydrogen-bond donors (Lipinski definition) is 1. The summed E-state index contributed by atoms with van der Waals surface area (Å²) in [6.45, 7) is 3.37. The number of hydrogen-bond acceptors (Lipinski definition) is 2. The topological polar surface area (TPSA) is 15.3 Å². The van der Waals surface area contributed by atoms with E-state index in [-0.39, 0.29) is 0 Å². The van der Waals surface area contributed by atoms with Gasteiger partial charge in [-0.2, -0.15) is 0 Å². The first kappa shape index (κ1) is 8.73. The minimum atomic E-state index is 0.529. The van der Waals surface area contributed by atoms with Gasteiger partial charge in [-0.15, -0.1) is 0 Å². The van der Waals surface area contributed by atoms with Crippen molar-refractivity contribution in [3.63, 3.8) is 0 Å². The molecule has 1 N–H and O–H groups in total. The summed E-state index contributed by atoms with van der Waals surface area (Å²) in [5, 5.41) is 2.21. The molecule has 70 valence electrons. The molecule has 0 aromatic heterocycles. The van der Waals surface area contributed by atoms with Crippen LogP contribution in [0.2, 0.25) is 0 Å². The molecule has 0 spiro atoms. The summed E-state index contributed by atoms with van der Waals surface area (Å²) in [5.74, 6) is 0.687. The molecule has 13 heavy (non-hydrogen) atoms. The normalized spacial score (nSPS) is 29.4. The molecule has 2 heteroatoms. The van der Waals surface area contributed by atoms with Gasteiger partial charge in [-0.3, -0.25) is 5.43 Å². The zero-order valence-corrected chi connectivity index (χ0v) is 8.20. The lowest BCUT2D eigenvalue weighted by atomic mass is 9.96. The quantitative estimate of drug-likeness (QED) is 0.702. The molecule has 1 aliphatic rings. The molecule has 1 aromatic rings. The number of hydrazine groups is 1. The molecule has 2 nitrogen and oxygen atoms in total. The molecule has 0 amide bonds. The molecule has 0 radical (unpaired) electrons. The first-order valence-corrected chi connectivity index (χ1v) is 4.80. The summed E-state index contributed by atoms with van der Waals surface area (Å²) in [6.07, 6.45) is 0. The van der Waals surface area contributed by atoms with Crippen molar-refractivity contribution in [2.75, 3.05) is 13.6 Å². The van der Waals surface area contributed by atoms with Crippen LogP contribution < -0.4 is 5.43 Å². The maximum atomic E-state index is 3.35. The van der Waals surface area contributed by atoms with Crippen molar-refractivity contribution in [1.29, 1.82) is 0 Å². The van der Waals surface area contributed by atoms with Crippen molar-refractivity contribution in [2.45, 2.75) is 13.0 Å². The molecule has 1 heterocycles. The fourth-order valence-corrected chi connectivity index (χ4v) is 2.08. The SMILES string of the molecule is CC1CNN(C)C1c1ccccc1. The zero-order valence-electron chi connectivity index (χ0n) is 8.20. The van der Waals surface area contributed by atoms with Gasteiger partial charge in [0.1, 0.15) is 0 Å². The van der Waals surface area contributed by atoms with E-state index in [9.17, 15) is 0 Å². The van der Waals surface area contributed by atoms with Crippen LogP contribution >= 0.6 is 0 Å². The summed E-state index contributed by atoms with van der Waals surface area (Å²) < 4.78 is 0. The molecule has 0 aliphatic carbocycles. The Morgan fingerprint density at radius 1 is 1.31 bits per heavy atom. The standard InChI is InChI=1S/C11H16N2/c1-9-8-12-13(2)11(9)10-6-4-3-5-7-10/h3-7,9,11-12H,8H2,1-2H3. The van der Waals surface area contributed by atoms with Crippen molar-refractivity contribution in [1.82, 2.24) is 10.4 Å². The number of nitrogens with one attached hydrogen (secondary N) is 1. The molecule has 0 saturated carbocycles. The monoisotopic (exact) mass is 176 g/mol. The van der Waals surface area contributed by atoms with E-state index < -0.39 is 0 Å². The third kappa shape index (κ3) is 1.60. The lowest BCUT2D eigenvalue weighted by Crippen LogP contribution is -2.28. The highest BCUT2D eigenvalue weighted by atomic mass is 15.5. The van der Waals surface area contributed by atoms with Crippen molar-refractivity contribution in [3.05, 3.63) is 35.9 Å². The Morgan fingerprint density at radius 2 is 2.00 bits per heavy atom. The second-order valence-electron chi connectivity index (χ2n) is 3.81. The van der Waals surface area contributed by atoms with Gasteiger partial charge >= 0.3 is 0 Å². The average Bonchev–Trinajstić information content (AvgIpc) is 2.48. The zero-order chi connectivity index (χ0) is 9.26. The fraction of sp³-hybridized carbons (Fsp3) is 0.455. The molecule has 2 unspecified atom stereocenters. The van der Waals surface area contributed by atoms with Gasteiger partial charge in [-0.25, -0.2) is 5.01 Å². The van der Waals surface area contributed by atoms with Gasteiger partial charge < -0.3 is 0 Å². The third-order valence-electron chi connectivity index (χ3n) is 2.76. The van der Waals surface area contributed by atoms with Crippen LogP contribution in [0, 0.1) is 5.92 Å². The van der Waals surface area contributed by atoms with E-state index in [1.165, 1.54) is 5.56 Å². The number of nitrogens with zero attached hydrogens (tertiary/aromatic N) is 1. The lowest BCUT2D eigenvalue weighted by Gasteiger charge is -2.22. The third-order valence-corrected chi connectivity index (χ3v) is 2.76. The summed E-state index contributed by atoms with van der Waals surface area (Å²) >= 11 is 0. The molecule has 1 aromatic carbocycles. The Balaban J connectivity index is 2.25. The Hall–Kier alpha value is -0.860. The fourth-order valence-electron chi connectivity index (χ4n) is 2.08. The van der Waals surface area contributed by atoms with Gasteiger partial charge in [0.25, 0.3) is 0 Å². The first-order valence-electron chi connectivity index (χ1n) is 4.80. The Bertz CT molecular complexity index is 261. The maximum Gasteiger partial charge on any atom is 0.0527 e. The summed E-state index contributed by atoms with van der Waals surface area (Å²) in [5.41, 5.74) is 4.76. The summed E-state index contributed by atoms with van der Waals surface area (Å²) in [7, 11) is 2.11. The van der Waals surface area contributed by atoms with E-state index in [1.807, 2.05) is 0 Å². The van der Waals surface area contributed by atoms with Crippen LogP contribution in [0.3, 0.4) is 0 Å². The molecule has 0 bridgehead atoms. The lowest BCUT2D eigenvalue weighted by molar-refractivity contribution is 0.225. The predicted octanol–water partition coefficient (Wildman–Crippen LogP) is 1.81. The average molecular weight is 176 g/mol. The van der Waals surface area contributed by atoms with E-state index >= 15 is 0 Å². The molecular formula is C11H16N2.